The predicted molar refractivity (Wildman–Crippen MR) is 65.6 cm³/mol. The number of nitrogens with zero attached hydrogens (tertiary/aromatic N) is 1. The zero-order chi connectivity index (χ0) is 11.1. The zero-order valence-electron chi connectivity index (χ0n) is 9.99. The van der Waals surface area contributed by atoms with Gasteiger partial charge in [-0.2, -0.15) is 0 Å². The second-order valence-corrected chi connectivity index (χ2v) is 3.92. The molecule has 1 aliphatic rings. The third-order valence-corrected chi connectivity index (χ3v) is 2.59. The number of methoxy groups -OCH3 is 1. The van der Waals surface area contributed by atoms with Gasteiger partial charge in [-0.15, -0.1) is 0 Å². The van der Waals surface area contributed by atoms with Gasteiger partial charge >= 0.3 is 0 Å². The lowest BCUT2D eigenvalue weighted by molar-refractivity contribution is 0.277. The van der Waals surface area contributed by atoms with Crippen LogP contribution in [-0.4, -0.2) is 27.8 Å². The van der Waals surface area contributed by atoms with Crippen molar-refractivity contribution in [1.82, 2.24) is 0 Å². The first-order chi connectivity index (χ1) is 7.29. The molecule has 1 heterocycles. The second-order valence-electron chi connectivity index (χ2n) is 3.92. The van der Waals surface area contributed by atoms with Crippen LogP contribution in [0.1, 0.15) is 18.4 Å². The summed E-state index contributed by atoms with van der Waals surface area (Å²) < 4.78 is 4.25. The van der Waals surface area contributed by atoms with Crippen LogP contribution in [0.5, 0.6) is 0 Å². The van der Waals surface area contributed by atoms with Gasteiger partial charge in [-0.25, -0.2) is 0 Å². The van der Waals surface area contributed by atoms with Gasteiger partial charge in [-0.3, -0.25) is 0 Å². The van der Waals surface area contributed by atoms with Crippen molar-refractivity contribution in [2.24, 2.45) is 0 Å². The van der Waals surface area contributed by atoms with Crippen LogP contribution >= 0.6 is 0 Å². The van der Waals surface area contributed by atoms with Crippen molar-refractivity contribution in [3.8, 4) is 0 Å². The molecule has 84 valence electrons. The maximum atomic E-state index is 4.25. The standard InChI is InChI=1S/C11H15N.C2H6O/c1-12-9-5-4-7-10-6-2-3-8-11(10)12;1-3-2/h2-3,6,8H,4-5,7,9H2,1H3;1-2H3. The Bertz CT molecular complexity index is 286. The number of para-hydroxylation sites is 1. The Hall–Kier alpha value is -1.02. The van der Waals surface area contributed by atoms with Crippen molar-refractivity contribution in [1.29, 1.82) is 0 Å². The lowest BCUT2D eigenvalue weighted by Gasteiger charge is -2.18. The van der Waals surface area contributed by atoms with Crippen LogP contribution in [0.15, 0.2) is 24.3 Å². The molecular weight excluding hydrogens is 186 g/mol. The van der Waals surface area contributed by atoms with Gasteiger partial charge in [0.25, 0.3) is 0 Å². The quantitative estimate of drug-likeness (QED) is 0.648. The molecule has 1 aromatic rings. The Morgan fingerprint density at radius 1 is 1.13 bits per heavy atom. The molecule has 0 aliphatic carbocycles. The minimum Gasteiger partial charge on any atom is -0.388 e. The lowest BCUT2D eigenvalue weighted by Crippen LogP contribution is -2.17. The van der Waals surface area contributed by atoms with Crippen molar-refractivity contribution >= 4 is 5.69 Å². The number of rotatable bonds is 0. The van der Waals surface area contributed by atoms with Crippen LogP contribution < -0.4 is 4.90 Å². The molecule has 2 rings (SSSR count). The highest BCUT2D eigenvalue weighted by atomic mass is 16.4. The van der Waals surface area contributed by atoms with Gasteiger partial charge in [0.05, 0.1) is 0 Å². The normalized spacial score (nSPS) is 14.7. The van der Waals surface area contributed by atoms with Crippen molar-refractivity contribution in [2.75, 3.05) is 32.7 Å². The maximum absolute atomic E-state index is 4.25. The number of aryl methyl sites for hydroxylation is 1. The molecule has 1 aromatic carbocycles. The minimum atomic E-state index is 1.21. The van der Waals surface area contributed by atoms with Gasteiger partial charge in [-0.05, 0) is 30.9 Å². The maximum Gasteiger partial charge on any atom is 0.0396 e. The van der Waals surface area contributed by atoms with E-state index in [0.29, 0.717) is 0 Å². The average Bonchev–Trinajstić information content (AvgIpc) is 2.43. The number of anilines is 1. The molecule has 0 fully saturated rings. The Labute approximate surface area is 92.9 Å². The van der Waals surface area contributed by atoms with E-state index < -0.39 is 0 Å². The Morgan fingerprint density at radius 2 is 1.80 bits per heavy atom. The predicted octanol–water partition coefficient (Wildman–Crippen LogP) is 2.72. The van der Waals surface area contributed by atoms with Crippen LogP contribution in [0.25, 0.3) is 0 Å². The van der Waals surface area contributed by atoms with Crippen molar-refractivity contribution in [3.05, 3.63) is 29.8 Å². The Morgan fingerprint density at radius 3 is 2.53 bits per heavy atom. The number of hydrogen-bond acceptors (Lipinski definition) is 2. The summed E-state index contributed by atoms with van der Waals surface area (Å²) in [6.07, 6.45) is 3.91. The minimum absolute atomic E-state index is 1.21. The van der Waals surface area contributed by atoms with Crippen LogP contribution in [0.3, 0.4) is 0 Å². The van der Waals surface area contributed by atoms with E-state index in [1.165, 1.54) is 37.1 Å². The topological polar surface area (TPSA) is 12.5 Å². The van der Waals surface area contributed by atoms with Gasteiger partial charge in [0.1, 0.15) is 0 Å². The van der Waals surface area contributed by atoms with Crippen LogP contribution in [0, 0.1) is 0 Å². The Balaban J connectivity index is 0.000000337. The van der Waals surface area contributed by atoms with E-state index >= 15 is 0 Å². The molecule has 0 N–H and O–H groups in total. The summed E-state index contributed by atoms with van der Waals surface area (Å²) in [4.78, 5) is 2.36. The average molecular weight is 207 g/mol. The zero-order valence-corrected chi connectivity index (χ0v) is 9.99. The van der Waals surface area contributed by atoms with E-state index in [0.717, 1.165) is 0 Å². The monoisotopic (exact) mass is 207 g/mol. The van der Waals surface area contributed by atoms with Crippen LogP contribution in [0.2, 0.25) is 0 Å². The summed E-state index contributed by atoms with van der Waals surface area (Å²) in [6.45, 7) is 1.21. The van der Waals surface area contributed by atoms with E-state index in [1.54, 1.807) is 14.2 Å². The molecule has 0 atom stereocenters. The van der Waals surface area contributed by atoms with Crippen molar-refractivity contribution in [3.63, 3.8) is 0 Å². The van der Waals surface area contributed by atoms with E-state index in [2.05, 4.69) is 40.9 Å². The van der Waals surface area contributed by atoms with Crippen molar-refractivity contribution in [2.45, 2.75) is 19.3 Å². The summed E-state index contributed by atoms with van der Waals surface area (Å²) in [5, 5.41) is 0. The molecule has 15 heavy (non-hydrogen) atoms. The number of benzene rings is 1. The highest BCUT2D eigenvalue weighted by molar-refractivity contribution is 5.53. The third-order valence-electron chi connectivity index (χ3n) is 2.59. The number of hydrogen-bond donors (Lipinski definition) is 0. The second kappa shape index (κ2) is 6.46. The number of ether oxygens (including phenoxy) is 1. The summed E-state index contributed by atoms with van der Waals surface area (Å²) in [6, 6.07) is 8.73. The lowest BCUT2D eigenvalue weighted by atomic mass is 10.1. The molecule has 2 nitrogen and oxygen atoms in total. The van der Waals surface area contributed by atoms with Gasteiger partial charge in [-0.1, -0.05) is 18.2 Å². The van der Waals surface area contributed by atoms with Gasteiger partial charge in [0.2, 0.25) is 0 Å². The molecule has 0 spiro atoms. The molecular formula is C13H21NO. The molecule has 0 amide bonds. The van der Waals surface area contributed by atoms with E-state index in [-0.39, 0.29) is 0 Å². The molecule has 0 aromatic heterocycles. The molecule has 0 saturated carbocycles. The fourth-order valence-corrected chi connectivity index (χ4v) is 1.88. The molecule has 0 saturated heterocycles. The van der Waals surface area contributed by atoms with E-state index in [9.17, 15) is 0 Å². The fraction of sp³-hybridized carbons (Fsp3) is 0.538. The highest BCUT2D eigenvalue weighted by Gasteiger charge is 2.09. The molecule has 0 bridgehead atoms. The smallest absolute Gasteiger partial charge is 0.0396 e. The van der Waals surface area contributed by atoms with E-state index in [1.807, 2.05) is 0 Å². The first-order valence-corrected chi connectivity index (χ1v) is 5.48. The molecule has 0 unspecified atom stereocenters. The highest BCUT2D eigenvalue weighted by Crippen LogP contribution is 2.24. The molecule has 2 heteroatoms. The number of fused-ring (bicyclic) bond motifs is 1. The fourth-order valence-electron chi connectivity index (χ4n) is 1.88. The van der Waals surface area contributed by atoms with E-state index in [4.69, 9.17) is 0 Å². The first kappa shape index (κ1) is 12.1. The van der Waals surface area contributed by atoms with Crippen LogP contribution in [0.4, 0.5) is 5.69 Å². The first-order valence-electron chi connectivity index (χ1n) is 5.48. The largest absolute Gasteiger partial charge is 0.388 e. The third kappa shape index (κ3) is 3.56. The van der Waals surface area contributed by atoms with Gasteiger partial charge in [0.15, 0.2) is 0 Å². The SMILES string of the molecule is CN1CCCCc2ccccc21.COC. The molecule has 0 radical (unpaired) electrons. The summed E-state index contributed by atoms with van der Waals surface area (Å²) in [7, 11) is 5.43. The summed E-state index contributed by atoms with van der Waals surface area (Å²) >= 11 is 0. The molecule has 1 aliphatic heterocycles. The Kier molecular flexibility index (Phi) is 5.19. The van der Waals surface area contributed by atoms with Crippen LogP contribution in [-0.2, 0) is 11.2 Å². The van der Waals surface area contributed by atoms with Crippen molar-refractivity contribution < 1.29 is 4.74 Å². The summed E-state index contributed by atoms with van der Waals surface area (Å²) in [5.74, 6) is 0. The summed E-state index contributed by atoms with van der Waals surface area (Å²) in [5.41, 5.74) is 2.94. The van der Waals surface area contributed by atoms with Gasteiger partial charge < -0.3 is 9.64 Å². The van der Waals surface area contributed by atoms with Gasteiger partial charge in [0, 0.05) is 33.5 Å².